The summed E-state index contributed by atoms with van der Waals surface area (Å²) in [6.07, 6.45) is 6.33. The number of thiophene rings is 1. The van der Waals surface area contributed by atoms with Crippen molar-refractivity contribution in [2.45, 2.75) is 51.5 Å². The minimum atomic E-state index is -0.885. The number of rotatable bonds is 4. The molecule has 3 fully saturated rings. The van der Waals surface area contributed by atoms with Gasteiger partial charge in [0.25, 0.3) is 0 Å². The molecular formula is C21H32N4O3S. The molecule has 0 unspecified atom stereocenters. The van der Waals surface area contributed by atoms with E-state index in [1.165, 1.54) is 24.1 Å². The van der Waals surface area contributed by atoms with E-state index < -0.39 is 6.09 Å². The molecule has 0 aromatic carbocycles. The maximum Gasteiger partial charge on any atom is 0.404 e. The van der Waals surface area contributed by atoms with E-state index in [9.17, 15) is 4.79 Å². The Morgan fingerprint density at radius 3 is 2.59 bits per heavy atom. The molecule has 2 aromatic rings. The molecule has 3 aliphatic rings. The third-order valence-corrected chi connectivity index (χ3v) is 7.18. The largest absolute Gasteiger partial charge is 0.465 e. The zero-order valence-corrected chi connectivity index (χ0v) is 18.0. The average molecular weight is 421 g/mol. The molecular weight excluding hydrogens is 388 g/mol. The van der Waals surface area contributed by atoms with E-state index in [1.807, 2.05) is 6.07 Å². The van der Waals surface area contributed by atoms with Gasteiger partial charge < -0.3 is 19.8 Å². The van der Waals surface area contributed by atoms with Crippen LogP contribution in [-0.4, -0.2) is 60.0 Å². The smallest absolute Gasteiger partial charge is 0.404 e. The molecule has 160 valence electrons. The van der Waals surface area contributed by atoms with Crippen LogP contribution in [0.25, 0.3) is 10.3 Å². The van der Waals surface area contributed by atoms with Crippen molar-refractivity contribution >= 4 is 33.5 Å². The third kappa shape index (κ3) is 5.63. The van der Waals surface area contributed by atoms with Crippen LogP contribution in [0.4, 0.5) is 10.6 Å². The number of aromatic nitrogens is 1. The number of fused-ring (bicyclic) bond motifs is 1. The summed E-state index contributed by atoms with van der Waals surface area (Å²) in [5, 5.41) is 17.2. The van der Waals surface area contributed by atoms with Gasteiger partial charge in [0.1, 0.15) is 4.70 Å². The number of carboxylic acid groups (broad SMARTS) is 1. The lowest BCUT2D eigenvalue weighted by Gasteiger charge is -2.34. The molecule has 5 rings (SSSR count). The molecule has 0 atom stereocenters. The van der Waals surface area contributed by atoms with E-state index in [0.717, 1.165) is 75.1 Å². The van der Waals surface area contributed by atoms with E-state index in [1.54, 1.807) is 11.3 Å². The Kier molecular flexibility index (Phi) is 6.60. The Morgan fingerprint density at radius 2 is 1.93 bits per heavy atom. The van der Waals surface area contributed by atoms with Crippen molar-refractivity contribution in [1.82, 2.24) is 15.4 Å². The summed E-state index contributed by atoms with van der Waals surface area (Å²) in [5.41, 5.74) is 0.926. The van der Waals surface area contributed by atoms with Crippen LogP contribution in [0.1, 0.15) is 45.4 Å². The molecule has 29 heavy (non-hydrogen) atoms. The van der Waals surface area contributed by atoms with Crippen LogP contribution in [0.15, 0.2) is 16.0 Å². The average Bonchev–Trinajstić information content (AvgIpc) is 3.24. The van der Waals surface area contributed by atoms with Crippen LogP contribution in [0, 0.1) is 11.8 Å². The zero-order chi connectivity index (χ0) is 20.2. The van der Waals surface area contributed by atoms with E-state index in [-0.39, 0.29) is 6.04 Å². The normalized spacial score (nSPS) is 25.5. The Labute approximate surface area is 176 Å². The Balaban J connectivity index is 0.000000161. The maximum absolute atomic E-state index is 10.2. The van der Waals surface area contributed by atoms with Gasteiger partial charge in [-0.1, -0.05) is 12.1 Å². The van der Waals surface area contributed by atoms with Crippen LogP contribution >= 0.6 is 11.3 Å². The van der Waals surface area contributed by atoms with Gasteiger partial charge in [-0.3, -0.25) is 4.90 Å². The van der Waals surface area contributed by atoms with Crippen LogP contribution in [0.2, 0.25) is 0 Å². The van der Waals surface area contributed by atoms with Crippen LogP contribution < -0.4 is 10.2 Å². The van der Waals surface area contributed by atoms with Crippen molar-refractivity contribution < 1.29 is 14.4 Å². The van der Waals surface area contributed by atoms with Gasteiger partial charge in [-0.15, -0.1) is 11.3 Å². The molecule has 0 spiro atoms. The summed E-state index contributed by atoms with van der Waals surface area (Å²) in [6.45, 7) is 8.00. The highest BCUT2D eigenvalue weighted by atomic mass is 32.1. The van der Waals surface area contributed by atoms with Crippen molar-refractivity contribution in [2.75, 3.05) is 37.6 Å². The number of anilines is 1. The number of hydrogen-bond donors (Lipinski definition) is 2. The lowest BCUT2D eigenvalue weighted by Crippen LogP contribution is -2.47. The summed E-state index contributed by atoms with van der Waals surface area (Å²) in [7, 11) is 0. The second-order valence-electron chi connectivity index (χ2n) is 8.76. The van der Waals surface area contributed by atoms with E-state index in [4.69, 9.17) is 9.63 Å². The minimum absolute atomic E-state index is 0.212. The summed E-state index contributed by atoms with van der Waals surface area (Å²) in [4.78, 5) is 15.2. The first-order valence-corrected chi connectivity index (χ1v) is 11.8. The predicted molar refractivity (Wildman–Crippen MR) is 116 cm³/mol. The highest BCUT2D eigenvalue weighted by Gasteiger charge is 2.27. The van der Waals surface area contributed by atoms with Gasteiger partial charge in [-0.2, -0.15) is 0 Å². The van der Waals surface area contributed by atoms with E-state index in [2.05, 4.69) is 32.6 Å². The topological polar surface area (TPSA) is 81.8 Å². The predicted octanol–water partition coefficient (Wildman–Crippen LogP) is 4.25. The minimum Gasteiger partial charge on any atom is -0.465 e. The molecule has 8 heteroatoms. The number of nitrogens with one attached hydrogen (secondary N) is 1. The first-order chi connectivity index (χ1) is 14.1. The molecule has 2 saturated carbocycles. The zero-order valence-electron chi connectivity index (χ0n) is 17.2. The summed E-state index contributed by atoms with van der Waals surface area (Å²) >= 11 is 1.72. The molecule has 0 bridgehead atoms. The molecule has 1 saturated heterocycles. The van der Waals surface area contributed by atoms with Crippen molar-refractivity contribution in [2.24, 2.45) is 11.8 Å². The summed E-state index contributed by atoms with van der Waals surface area (Å²) < 4.78 is 6.55. The fourth-order valence-electron chi connectivity index (χ4n) is 4.25. The monoisotopic (exact) mass is 420 g/mol. The number of nitrogens with zero attached hydrogens (tertiary/aromatic N) is 3. The third-order valence-electron chi connectivity index (χ3n) is 6.29. The lowest BCUT2D eigenvalue weighted by molar-refractivity contribution is 0.183. The molecule has 3 heterocycles. The fourth-order valence-corrected chi connectivity index (χ4v) is 5.08. The van der Waals surface area contributed by atoms with Crippen molar-refractivity contribution in [3.8, 4) is 0 Å². The fraction of sp³-hybridized carbons (Fsp3) is 0.714. The molecule has 0 radical (unpaired) electrons. The molecule has 2 N–H and O–H groups in total. The van der Waals surface area contributed by atoms with Crippen LogP contribution in [0.5, 0.6) is 0 Å². The summed E-state index contributed by atoms with van der Waals surface area (Å²) in [5.74, 6) is 2.82. The Morgan fingerprint density at radius 1 is 1.21 bits per heavy atom. The number of carbonyl (C=O) groups is 1. The Bertz CT molecular complexity index is 787. The molecule has 2 aliphatic carbocycles. The van der Waals surface area contributed by atoms with Gasteiger partial charge in [0.2, 0.25) is 0 Å². The maximum atomic E-state index is 10.2. The van der Waals surface area contributed by atoms with Gasteiger partial charge in [-0.25, -0.2) is 4.79 Å². The van der Waals surface area contributed by atoms with E-state index >= 15 is 0 Å². The standard InChI is InChI=1S/C13H17N3OS.C8H15NO2/c1-2-10(1)9-15-4-6-16(7-5-15)13-12-11(17-14-13)3-8-18-12;1-6-2-4-7(5-3-6)9-8(10)11/h3,8,10H,1-2,4-7,9H2;6-7,9H,2-5H2,1H3,(H,10,11)/t;6-,7-. The van der Waals surface area contributed by atoms with Crippen molar-refractivity contribution in [3.05, 3.63) is 11.4 Å². The second-order valence-corrected chi connectivity index (χ2v) is 9.67. The van der Waals surface area contributed by atoms with Crippen LogP contribution in [0.3, 0.4) is 0 Å². The lowest BCUT2D eigenvalue weighted by atomic mass is 9.87. The van der Waals surface area contributed by atoms with Gasteiger partial charge in [-0.05, 0) is 61.8 Å². The van der Waals surface area contributed by atoms with Gasteiger partial charge in [0.05, 0.1) is 0 Å². The van der Waals surface area contributed by atoms with Crippen molar-refractivity contribution in [1.29, 1.82) is 0 Å². The van der Waals surface area contributed by atoms with Gasteiger partial charge in [0.15, 0.2) is 11.4 Å². The number of hydrogen-bond acceptors (Lipinski definition) is 6. The SMILES string of the molecule is C[C@H]1CC[C@H](NC(=O)O)CC1.c1cc2onc(N3CCN(CC4CC4)CC3)c2s1. The van der Waals surface area contributed by atoms with Crippen molar-refractivity contribution in [3.63, 3.8) is 0 Å². The summed E-state index contributed by atoms with van der Waals surface area (Å²) in [6, 6.07) is 2.21. The first-order valence-electron chi connectivity index (χ1n) is 10.9. The number of piperazine rings is 1. The van der Waals surface area contributed by atoms with Gasteiger partial charge in [0, 0.05) is 38.8 Å². The van der Waals surface area contributed by atoms with E-state index in [0.29, 0.717) is 0 Å². The highest BCUT2D eigenvalue weighted by Crippen LogP contribution is 2.33. The molecule has 1 amide bonds. The van der Waals surface area contributed by atoms with Crippen LogP contribution in [-0.2, 0) is 0 Å². The second kappa shape index (κ2) is 9.34. The Hall–Kier alpha value is -1.80. The number of amides is 1. The quantitative estimate of drug-likeness (QED) is 0.769. The molecule has 1 aliphatic heterocycles. The molecule has 2 aromatic heterocycles. The first kappa shape index (κ1) is 20.5. The highest BCUT2D eigenvalue weighted by molar-refractivity contribution is 7.17. The van der Waals surface area contributed by atoms with Gasteiger partial charge >= 0.3 is 6.09 Å². The molecule has 7 nitrogen and oxygen atoms in total.